The van der Waals surface area contributed by atoms with Gasteiger partial charge in [0.2, 0.25) is 0 Å². The van der Waals surface area contributed by atoms with Gasteiger partial charge in [0.15, 0.2) is 11.4 Å². The molecule has 0 saturated heterocycles. The first-order chi connectivity index (χ1) is 14.0. The monoisotopic (exact) mass is 422 g/mol. The number of anilines is 2. The number of rotatable bonds is 8. The summed E-state index contributed by atoms with van der Waals surface area (Å²) in [5.41, 5.74) is -6.66. The number of nitrogens with one attached hydrogen (secondary N) is 1. The second-order valence-corrected chi connectivity index (χ2v) is 5.63. The fourth-order valence-corrected chi connectivity index (χ4v) is 2.53. The molecule has 2 rings (SSSR count). The van der Waals surface area contributed by atoms with Crippen LogP contribution in [0.1, 0.15) is 12.5 Å². The normalized spacial score (nSPS) is 10.3. The van der Waals surface area contributed by atoms with E-state index in [-0.39, 0.29) is 12.0 Å². The van der Waals surface area contributed by atoms with Gasteiger partial charge in [-0.25, -0.2) is 0 Å². The van der Waals surface area contributed by atoms with E-state index < -0.39 is 64.4 Å². The third kappa shape index (κ3) is 4.06. The summed E-state index contributed by atoms with van der Waals surface area (Å²) < 4.78 is 0. The van der Waals surface area contributed by atoms with Gasteiger partial charge in [0, 0.05) is 12.1 Å². The van der Waals surface area contributed by atoms with Crippen molar-refractivity contribution in [2.45, 2.75) is 13.3 Å². The maximum atomic E-state index is 11.4. The Hall–Kier alpha value is -4.76. The molecule has 2 aromatic rings. The SMILES string of the molecule is CCc1cc([N+](=O)[O-])c(Nc2c([N+](=O)[O-])cc([N+](=O)[O-])cc2[N+](=O)[O-])c([N+](=O)[O-])c1. The maximum absolute atomic E-state index is 11.4. The predicted octanol–water partition coefficient (Wildman–Crippen LogP) is 3.53. The van der Waals surface area contributed by atoms with Crippen molar-refractivity contribution in [1.82, 2.24) is 0 Å². The number of hydrogen-bond donors (Lipinski definition) is 1. The zero-order chi connectivity index (χ0) is 22.7. The number of benzene rings is 2. The molecule has 0 bridgehead atoms. The molecule has 0 radical (unpaired) electrons. The first-order valence-electron chi connectivity index (χ1n) is 7.81. The van der Waals surface area contributed by atoms with Crippen molar-refractivity contribution in [3.8, 4) is 0 Å². The van der Waals surface area contributed by atoms with Crippen LogP contribution < -0.4 is 5.32 Å². The summed E-state index contributed by atoms with van der Waals surface area (Å²) in [5.74, 6) is 0. The molecule has 16 heteroatoms. The summed E-state index contributed by atoms with van der Waals surface area (Å²) in [7, 11) is 0. The smallest absolute Gasteiger partial charge is 0.306 e. The van der Waals surface area contributed by atoms with Gasteiger partial charge in [-0.05, 0) is 12.0 Å². The lowest BCUT2D eigenvalue weighted by Crippen LogP contribution is -2.07. The molecule has 0 saturated carbocycles. The molecule has 0 amide bonds. The van der Waals surface area contributed by atoms with Crippen molar-refractivity contribution in [2.75, 3.05) is 5.32 Å². The predicted molar refractivity (Wildman–Crippen MR) is 98.8 cm³/mol. The Labute approximate surface area is 164 Å². The fourth-order valence-electron chi connectivity index (χ4n) is 2.53. The Morgan fingerprint density at radius 3 is 1.23 bits per heavy atom. The zero-order valence-corrected chi connectivity index (χ0v) is 14.8. The Morgan fingerprint density at radius 1 is 0.633 bits per heavy atom. The van der Waals surface area contributed by atoms with Crippen LogP contribution in [0.25, 0.3) is 0 Å². The Kier molecular flexibility index (Phi) is 5.80. The van der Waals surface area contributed by atoms with E-state index in [0.717, 1.165) is 12.1 Å². The molecule has 0 heterocycles. The van der Waals surface area contributed by atoms with E-state index in [9.17, 15) is 50.6 Å². The van der Waals surface area contributed by atoms with E-state index in [1.165, 1.54) is 0 Å². The molecule has 1 N–H and O–H groups in total. The molecule has 0 aliphatic carbocycles. The largest absolute Gasteiger partial charge is 0.333 e. The van der Waals surface area contributed by atoms with Gasteiger partial charge in [-0.3, -0.25) is 50.6 Å². The first kappa shape index (κ1) is 21.5. The molecular formula is C14H10N6O10. The molecule has 2 aromatic carbocycles. The summed E-state index contributed by atoms with van der Waals surface area (Å²) in [4.78, 5) is 51.0. The standard InChI is InChI=1S/C14H10N6O10/c1-2-7-3-9(17(23)24)13(10(4-7)18(25)26)15-14-11(19(27)28)5-8(16(21)22)6-12(14)20(29)30/h3-6,15H,2H2,1H3. The number of hydrogen-bond acceptors (Lipinski definition) is 11. The second-order valence-electron chi connectivity index (χ2n) is 5.63. The maximum Gasteiger partial charge on any atom is 0.306 e. The van der Waals surface area contributed by atoms with Crippen LogP contribution in [-0.2, 0) is 6.42 Å². The Bertz CT molecular complexity index is 1040. The highest BCUT2D eigenvalue weighted by molar-refractivity contribution is 5.87. The van der Waals surface area contributed by atoms with Gasteiger partial charge < -0.3 is 5.32 Å². The average Bonchev–Trinajstić information content (AvgIpc) is 2.66. The molecule has 0 spiro atoms. The van der Waals surface area contributed by atoms with E-state index in [1.807, 2.05) is 5.32 Å². The first-order valence-corrected chi connectivity index (χ1v) is 7.81. The van der Waals surface area contributed by atoms with Crippen LogP contribution in [-0.4, -0.2) is 24.6 Å². The van der Waals surface area contributed by atoms with Crippen molar-refractivity contribution in [3.63, 3.8) is 0 Å². The third-order valence-electron chi connectivity index (χ3n) is 3.89. The number of nitro benzene ring substituents is 5. The van der Waals surface area contributed by atoms with Crippen LogP contribution in [0.2, 0.25) is 0 Å². The van der Waals surface area contributed by atoms with Crippen LogP contribution >= 0.6 is 0 Å². The van der Waals surface area contributed by atoms with Crippen molar-refractivity contribution in [3.05, 3.63) is 80.4 Å². The fraction of sp³-hybridized carbons (Fsp3) is 0.143. The van der Waals surface area contributed by atoms with Crippen molar-refractivity contribution < 1.29 is 24.6 Å². The molecule has 0 fully saturated rings. The van der Waals surface area contributed by atoms with Gasteiger partial charge in [-0.15, -0.1) is 0 Å². The summed E-state index contributed by atoms with van der Waals surface area (Å²) in [6.45, 7) is 1.57. The minimum Gasteiger partial charge on any atom is -0.333 e. The second kappa shape index (κ2) is 8.09. The molecule has 0 aromatic heterocycles. The van der Waals surface area contributed by atoms with E-state index in [1.54, 1.807) is 6.92 Å². The molecule has 0 aliphatic rings. The minimum absolute atomic E-state index is 0.180. The van der Waals surface area contributed by atoms with Gasteiger partial charge in [0.05, 0.1) is 36.7 Å². The number of nitro groups is 5. The lowest BCUT2D eigenvalue weighted by atomic mass is 10.1. The highest BCUT2D eigenvalue weighted by Crippen LogP contribution is 2.44. The van der Waals surface area contributed by atoms with Crippen molar-refractivity contribution in [1.29, 1.82) is 0 Å². The van der Waals surface area contributed by atoms with Gasteiger partial charge in [-0.2, -0.15) is 0 Å². The van der Waals surface area contributed by atoms with E-state index in [2.05, 4.69) is 0 Å². The van der Waals surface area contributed by atoms with Crippen LogP contribution in [0, 0.1) is 50.6 Å². The summed E-state index contributed by atoms with van der Waals surface area (Å²) in [5, 5.41) is 58.5. The van der Waals surface area contributed by atoms with Crippen LogP contribution in [0.5, 0.6) is 0 Å². The molecule has 0 aliphatic heterocycles. The summed E-state index contributed by atoms with van der Waals surface area (Å²) in [6, 6.07) is 2.73. The summed E-state index contributed by atoms with van der Waals surface area (Å²) >= 11 is 0. The number of nitrogens with zero attached hydrogens (tertiary/aromatic N) is 5. The van der Waals surface area contributed by atoms with Crippen molar-refractivity contribution >= 4 is 39.8 Å². The van der Waals surface area contributed by atoms with Crippen LogP contribution in [0.4, 0.5) is 39.8 Å². The highest BCUT2D eigenvalue weighted by atomic mass is 16.6. The lowest BCUT2D eigenvalue weighted by Gasteiger charge is -2.10. The third-order valence-corrected chi connectivity index (χ3v) is 3.89. The highest BCUT2D eigenvalue weighted by Gasteiger charge is 2.35. The molecular weight excluding hydrogens is 412 g/mol. The molecule has 30 heavy (non-hydrogen) atoms. The van der Waals surface area contributed by atoms with Crippen LogP contribution in [0.15, 0.2) is 24.3 Å². The topological polar surface area (TPSA) is 228 Å². The van der Waals surface area contributed by atoms with Crippen molar-refractivity contribution in [2.24, 2.45) is 0 Å². The zero-order valence-electron chi connectivity index (χ0n) is 14.8. The van der Waals surface area contributed by atoms with Gasteiger partial charge in [0.1, 0.15) is 0 Å². The molecule has 16 nitrogen and oxygen atoms in total. The average molecular weight is 422 g/mol. The van der Waals surface area contributed by atoms with Gasteiger partial charge in [0.25, 0.3) is 17.1 Å². The Morgan fingerprint density at radius 2 is 0.967 bits per heavy atom. The quantitative estimate of drug-likeness (QED) is 0.477. The Balaban J connectivity index is 2.89. The number of aryl methyl sites for hydroxylation is 1. The van der Waals surface area contributed by atoms with E-state index in [0.29, 0.717) is 12.1 Å². The minimum atomic E-state index is -1.19. The molecule has 0 atom stereocenters. The lowest BCUT2D eigenvalue weighted by molar-refractivity contribution is -0.401. The van der Waals surface area contributed by atoms with Crippen LogP contribution in [0.3, 0.4) is 0 Å². The number of non-ortho nitro benzene ring substituents is 1. The van der Waals surface area contributed by atoms with E-state index >= 15 is 0 Å². The molecule has 0 unspecified atom stereocenters. The van der Waals surface area contributed by atoms with E-state index in [4.69, 9.17) is 0 Å². The van der Waals surface area contributed by atoms with Gasteiger partial charge in [-0.1, -0.05) is 6.92 Å². The van der Waals surface area contributed by atoms with Gasteiger partial charge >= 0.3 is 11.4 Å². The summed E-state index contributed by atoms with van der Waals surface area (Å²) in [6.07, 6.45) is 0.180. The molecule has 156 valence electrons.